The number of hydrogen-bond donors (Lipinski definition) is 1. The number of ether oxygens (including phenoxy) is 1. The highest BCUT2D eigenvalue weighted by Gasteiger charge is 2.08. The zero-order chi connectivity index (χ0) is 13.7. The van der Waals surface area contributed by atoms with E-state index in [1.165, 1.54) is 0 Å². The largest absolute Gasteiger partial charge is 0.494 e. The summed E-state index contributed by atoms with van der Waals surface area (Å²) in [5.74, 6) is 0.959. The Bertz CT molecular complexity index is 428. The summed E-state index contributed by atoms with van der Waals surface area (Å²) >= 11 is 0. The molecule has 0 spiro atoms. The van der Waals surface area contributed by atoms with Gasteiger partial charge < -0.3 is 15.0 Å². The van der Waals surface area contributed by atoms with Gasteiger partial charge in [0, 0.05) is 19.8 Å². The fourth-order valence-electron chi connectivity index (χ4n) is 1.62. The zero-order valence-electron chi connectivity index (χ0n) is 11.8. The number of carbonyl (C=O) groups excluding carboxylic acids is 1. The summed E-state index contributed by atoms with van der Waals surface area (Å²) < 4.78 is 5.53. The first-order valence-corrected chi connectivity index (χ1v) is 6.13. The Morgan fingerprint density at radius 3 is 2.50 bits per heavy atom. The maximum atomic E-state index is 11.5. The van der Waals surface area contributed by atoms with Crippen LogP contribution in [0.3, 0.4) is 0 Å². The number of carbonyl (C=O) groups is 1. The molecule has 0 saturated heterocycles. The van der Waals surface area contributed by atoms with E-state index in [0.717, 1.165) is 22.6 Å². The fourth-order valence-corrected chi connectivity index (χ4v) is 1.62. The summed E-state index contributed by atoms with van der Waals surface area (Å²) in [7, 11) is 3.50. The monoisotopic (exact) mass is 250 g/mol. The molecule has 4 nitrogen and oxygen atoms in total. The third-order valence-corrected chi connectivity index (χ3v) is 2.75. The van der Waals surface area contributed by atoms with Gasteiger partial charge in [-0.3, -0.25) is 4.79 Å². The maximum absolute atomic E-state index is 11.5. The molecule has 0 bridgehead atoms. The molecule has 1 amide bonds. The molecule has 1 aromatic rings. The number of benzene rings is 1. The molecule has 1 rings (SSSR count). The van der Waals surface area contributed by atoms with Gasteiger partial charge in [0.1, 0.15) is 5.75 Å². The predicted octanol–water partition coefficient (Wildman–Crippen LogP) is 2.20. The molecule has 0 fully saturated rings. The molecule has 0 heterocycles. The van der Waals surface area contributed by atoms with Crippen molar-refractivity contribution in [1.29, 1.82) is 0 Å². The molecule has 0 aliphatic carbocycles. The lowest BCUT2D eigenvalue weighted by Crippen LogP contribution is -2.28. The van der Waals surface area contributed by atoms with Crippen molar-refractivity contribution in [2.45, 2.75) is 20.8 Å². The molecule has 0 atom stereocenters. The van der Waals surface area contributed by atoms with Gasteiger partial charge in [0.25, 0.3) is 0 Å². The number of rotatable bonds is 5. The van der Waals surface area contributed by atoms with Gasteiger partial charge in [0.05, 0.1) is 13.2 Å². The van der Waals surface area contributed by atoms with Crippen molar-refractivity contribution in [1.82, 2.24) is 4.90 Å². The van der Waals surface area contributed by atoms with Gasteiger partial charge in [-0.15, -0.1) is 0 Å². The number of likely N-dealkylation sites (N-methyl/N-ethyl adjacent to an activating group) is 1. The smallest absolute Gasteiger partial charge is 0.241 e. The van der Waals surface area contributed by atoms with Gasteiger partial charge in [-0.2, -0.15) is 0 Å². The molecule has 1 N–H and O–H groups in total. The lowest BCUT2D eigenvalue weighted by atomic mass is 10.1. The Balaban J connectivity index is 2.78. The Morgan fingerprint density at radius 2 is 1.94 bits per heavy atom. The van der Waals surface area contributed by atoms with Crippen LogP contribution < -0.4 is 10.1 Å². The third-order valence-electron chi connectivity index (χ3n) is 2.75. The van der Waals surface area contributed by atoms with Crippen molar-refractivity contribution in [3.8, 4) is 5.75 Å². The quantitative estimate of drug-likeness (QED) is 0.871. The van der Waals surface area contributed by atoms with E-state index in [2.05, 4.69) is 5.32 Å². The minimum absolute atomic E-state index is 0.0564. The molecule has 0 aromatic heterocycles. The number of amides is 1. The summed E-state index contributed by atoms with van der Waals surface area (Å²) in [6, 6.07) is 4.02. The highest BCUT2D eigenvalue weighted by atomic mass is 16.5. The van der Waals surface area contributed by atoms with Gasteiger partial charge in [-0.1, -0.05) is 0 Å². The molecule has 0 unspecified atom stereocenters. The molecule has 100 valence electrons. The van der Waals surface area contributed by atoms with Crippen LogP contribution in [0.1, 0.15) is 18.1 Å². The van der Waals surface area contributed by atoms with Crippen molar-refractivity contribution >= 4 is 11.6 Å². The molecule has 18 heavy (non-hydrogen) atoms. The SMILES string of the molecule is CCOc1cc(C)c(NCC(=O)N(C)C)cc1C. The van der Waals surface area contributed by atoms with Crippen molar-refractivity contribution in [3.05, 3.63) is 23.3 Å². The first-order chi connectivity index (χ1) is 8.45. The summed E-state index contributed by atoms with van der Waals surface area (Å²) in [5, 5.41) is 3.16. The van der Waals surface area contributed by atoms with E-state index < -0.39 is 0 Å². The second-order valence-electron chi connectivity index (χ2n) is 4.51. The molecule has 0 aliphatic heterocycles. The van der Waals surface area contributed by atoms with Crippen molar-refractivity contribution in [3.63, 3.8) is 0 Å². The van der Waals surface area contributed by atoms with Crippen LogP contribution in [-0.4, -0.2) is 38.1 Å². The van der Waals surface area contributed by atoms with E-state index >= 15 is 0 Å². The highest BCUT2D eigenvalue weighted by Crippen LogP contribution is 2.26. The van der Waals surface area contributed by atoms with Crippen LogP contribution in [0, 0.1) is 13.8 Å². The average molecular weight is 250 g/mol. The Hall–Kier alpha value is -1.71. The van der Waals surface area contributed by atoms with Crippen molar-refractivity contribution in [2.75, 3.05) is 32.6 Å². The van der Waals surface area contributed by atoms with Crippen LogP contribution in [0.4, 0.5) is 5.69 Å². The Kier molecular flexibility index (Phi) is 5.01. The number of nitrogens with one attached hydrogen (secondary N) is 1. The van der Waals surface area contributed by atoms with Crippen LogP contribution in [0.2, 0.25) is 0 Å². The highest BCUT2D eigenvalue weighted by molar-refractivity contribution is 5.80. The minimum atomic E-state index is 0.0564. The van der Waals surface area contributed by atoms with Crippen LogP contribution >= 0.6 is 0 Å². The van der Waals surface area contributed by atoms with E-state index in [1.54, 1.807) is 19.0 Å². The summed E-state index contributed by atoms with van der Waals surface area (Å²) in [4.78, 5) is 13.1. The number of anilines is 1. The van der Waals surface area contributed by atoms with Gasteiger partial charge in [-0.25, -0.2) is 0 Å². The zero-order valence-corrected chi connectivity index (χ0v) is 11.8. The first kappa shape index (κ1) is 14.4. The number of nitrogens with zero attached hydrogens (tertiary/aromatic N) is 1. The Morgan fingerprint density at radius 1 is 1.28 bits per heavy atom. The lowest BCUT2D eigenvalue weighted by molar-refractivity contribution is -0.126. The molecule has 0 saturated carbocycles. The van der Waals surface area contributed by atoms with Crippen molar-refractivity contribution < 1.29 is 9.53 Å². The minimum Gasteiger partial charge on any atom is -0.494 e. The topological polar surface area (TPSA) is 41.6 Å². The predicted molar refractivity (Wildman–Crippen MR) is 74.3 cm³/mol. The summed E-state index contributed by atoms with van der Waals surface area (Å²) in [6.45, 7) is 6.94. The first-order valence-electron chi connectivity index (χ1n) is 6.13. The summed E-state index contributed by atoms with van der Waals surface area (Å²) in [5.41, 5.74) is 3.13. The van der Waals surface area contributed by atoms with Gasteiger partial charge in [0.2, 0.25) is 5.91 Å². The van der Waals surface area contributed by atoms with E-state index in [4.69, 9.17) is 4.74 Å². The normalized spacial score (nSPS) is 10.1. The van der Waals surface area contributed by atoms with E-state index in [1.807, 2.05) is 32.9 Å². The number of aryl methyl sites for hydroxylation is 2. The molecule has 0 aliphatic rings. The second kappa shape index (κ2) is 6.28. The van der Waals surface area contributed by atoms with Crippen LogP contribution in [0.5, 0.6) is 5.75 Å². The van der Waals surface area contributed by atoms with Gasteiger partial charge in [0.15, 0.2) is 0 Å². The van der Waals surface area contributed by atoms with E-state index in [-0.39, 0.29) is 5.91 Å². The van der Waals surface area contributed by atoms with Gasteiger partial charge >= 0.3 is 0 Å². The average Bonchev–Trinajstić information content (AvgIpc) is 2.31. The van der Waals surface area contributed by atoms with Gasteiger partial charge in [-0.05, 0) is 44.0 Å². The van der Waals surface area contributed by atoms with E-state index in [9.17, 15) is 4.79 Å². The summed E-state index contributed by atoms with van der Waals surface area (Å²) in [6.07, 6.45) is 0. The van der Waals surface area contributed by atoms with Crippen LogP contribution in [0.15, 0.2) is 12.1 Å². The third kappa shape index (κ3) is 3.65. The maximum Gasteiger partial charge on any atom is 0.241 e. The van der Waals surface area contributed by atoms with Crippen molar-refractivity contribution in [2.24, 2.45) is 0 Å². The molecular weight excluding hydrogens is 228 g/mol. The molecule has 1 aromatic carbocycles. The lowest BCUT2D eigenvalue weighted by Gasteiger charge is -2.15. The number of hydrogen-bond acceptors (Lipinski definition) is 3. The molecule has 4 heteroatoms. The standard InChI is InChI=1S/C14H22N2O2/c1-6-18-13-8-10(2)12(7-11(13)3)15-9-14(17)16(4)5/h7-8,15H,6,9H2,1-5H3. The van der Waals surface area contributed by atoms with Crippen LogP contribution in [-0.2, 0) is 4.79 Å². The second-order valence-corrected chi connectivity index (χ2v) is 4.51. The van der Waals surface area contributed by atoms with E-state index in [0.29, 0.717) is 13.2 Å². The van der Waals surface area contributed by atoms with Crippen LogP contribution in [0.25, 0.3) is 0 Å². The fraction of sp³-hybridized carbons (Fsp3) is 0.500. The molecular formula is C14H22N2O2. The molecule has 0 radical (unpaired) electrons. The Labute approximate surface area is 109 Å².